The van der Waals surface area contributed by atoms with Crippen LogP contribution >= 0.6 is 0 Å². The van der Waals surface area contributed by atoms with E-state index < -0.39 is 21.7 Å². The lowest BCUT2D eigenvalue weighted by Gasteiger charge is -2.14. The number of allylic oxidation sites excluding steroid dienone is 1. The van der Waals surface area contributed by atoms with Crippen LogP contribution in [-0.2, 0) is 10.0 Å². The van der Waals surface area contributed by atoms with Crippen molar-refractivity contribution in [3.05, 3.63) is 59.2 Å². The van der Waals surface area contributed by atoms with Crippen LogP contribution < -0.4 is 9.46 Å². The topological polar surface area (TPSA) is 72.5 Å². The van der Waals surface area contributed by atoms with Crippen LogP contribution in [0.15, 0.2) is 36.4 Å². The van der Waals surface area contributed by atoms with Gasteiger partial charge in [-0.2, -0.15) is 0 Å². The number of fused-ring (bicyclic) bond motifs is 1. The summed E-state index contributed by atoms with van der Waals surface area (Å²) in [6, 6.07) is 5.44. The zero-order chi connectivity index (χ0) is 17.5. The number of benzene rings is 2. The molecular formula is C16H11F2NO4S. The van der Waals surface area contributed by atoms with Crippen LogP contribution in [-0.4, -0.2) is 20.5 Å². The summed E-state index contributed by atoms with van der Waals surface area (Å²) in [7, 11) is -3.63. The summed E-state index contributed by atoms with van der Waals surface area (Å²) in [5, 5.41) is 0. The standard InChI is InChI=1S/C16H11F2NO4S/c1-24(21,22)19-13-6-9-2-4-14(20)11(9)8-16(13)23-15-5-3-10(17)7-12(15)18/h2-8,19H,1H3. The van der Waals surface area contributed by atoms with Gasteiger partial charge in [0, 0.05) is 11.6 Å². The summed E-state index contributed by atoms with van der Waals surface area (Å²) < 4.78 is 57.4. The summed E-state index contributed by atoms with van der Waals surface area (Å²) in [6.45, 7) is 0. The maximum Gasteiger partial charge on any atom is 0.229 e. The van der Waals surface area contributed by atoms with Gasteiger partial charge in [-0.3, -0.25) is 9.52 Å². The maximum atomic E-state index is 13.8. The Bertz CT molecular complexity index is 984. The van der Waals surface area contributed by atoms with Gasteiger partial charge in [-0.05, 0) is 35.9 Å². The number of ether oxygens (including phenoxy) is 1. The van der Waals surface area contributed by atoms with Crippen molar-refractivity contribution in [2.75, 3.05) is 11.0 Å². The molecule has 8 heteroatoms. The van der Waals surface area contributed by atoms with E-state index >= 15 is 0 Å². The van der Waals surface area contributed by atoms with E-state index in [4.69, 9.17) is 4.74 Å². The largest absolute Gasteiger partial charge is 0.452 e. The molecule has 3 rings (SSSR count). The number of halogens is 2. The molecule has 0 aliphatic heterocycles. The molecule has 0 atom stereocenters. The second-order valence-electron chi connectivity index (χ2n) is 5.18. The Morgan fingerprint density at radius 2 is 1.79 bits per heavy atom. The Morgan fingerprint density at radius 1 is 1.04 bits per heavy atom. The van der Waals surface area contributed by atoms with Crippen LogP contribution in [0.3, 0.4) is 0 Å². The minimum atomic E-state index is -3.63. The number of ketones is 1. The van der Waals surface area contributed by atoms with E-state index in [1.807, 2.05) is 0 Å². The van der Waals surface area contributed by atoms with Gasteiger partial charge in [-0.25, -0.2) is 17.2 Å². The Morgan fingerprint density at radius 3 is 2.46 bits per heavy atom. The van der Waals surface area contributed by atoms with Crippen molar-refractivity contribution in [1.29, 1.82) is 0 Å². The molecule has 1 aliphatic carbocycles. The number of hydrogen-bond donors (Lipinski definition) is 1. The van der Waals surface area contributed by atoms with E-state index in [1.54, 1.807) is 0 Å². The number of sulfonamides is 1. The molecule has 2 aromatic carbocycles. The zero-order valence-corrected chi connectivity index (χ0v) is 13.2. The minimum absolute atomic E-state index is 0.0410. The Labute approximate surface area is 136 Å². The molecule has 0 aromatic heterocycles. The van der Waals surface area contributed by atoms with E-state index in [9.17, 15) is 22.0 Å². The SMILES string of the molecule is CS(=O)(=O)Nc1cc2c(cc1Oc1ccc(F)cc1F)C(=O)C=C2. The number of rotatable bonds is 4. The first-order chi connectivity index (χ1) is 11.2. The predicted octanol–water partition coefficient (Wildman–Crippen LogP) is 3.34. The molecule has 0 amide bonds. The van der Waals surface area contributed by atoms with E-state index in [0.29, 0.717) is 17.2 Å². The molecule has 24 heavy (non-hydrogen) atoms. The van der Waals surface area contributed by atoms with E-state index in [2.05, 4.69) is 4.72 Å². The summed E-state index contributed by atoms with van der Waals surface area (Å²) in [4.78, 5) is 11.8. The van der Waals surface area contributed by atoms with Gasteiger partial charge >= 0.3 is 0 Å². The molecule has 0 radical (unpaired) electrons. The Balaban J connectivity index is 2.08. The average molecular weight is 351 g/mol. The van der Waals surface area contributed by atoms with Gasteiger partial charge in [-0.1, -0.05) is 6.08 Å². The first-order valence-corrected chi connectivity index (χ1v) is 8.63. The van der Waals surface area contributed by atoms with Crippen LogP contribution in [0.4, 0.5) is 14.5 Å². The molecule has 1 aliphatic rings. The number of nitrogens with one attached hydrogen (secondary N) is 1. The minimum Gasteiger partial charge on any atom is -0.452 e. The number of anilines is 1. The predicted molar refractivity (Wildman–Crippen MR) is 84.7 cm³/mol. The third-order valence-corrected chi connectivity index (χ3v) is 3.83. The highest BCUT2D eigenvalue weighted by Crippen LogP contribution is 2.36. The first-order valence-electron chi connectivity index (χ1n) is 6.74. The normalized spacial score (nSPS) is 13.0. The highest BCUT2D eigenvalue weighted by molar-refractivity contribution is 7.92. The molecule has 0 fully saturated rings. The van der Waals surface area contributed by atoms with Crippen LogP contribution in [0.2, 0.25) is 0 Å². The number of carbonyl (C=O) groups is 1. The molecule has 0 saturated carbocycles. The third kappa shape index (κ3) is 3.28. The third-order valence-electron chi connectivity index (χ3n) is 3.24. The number of hydrogen-bond acceptors (Lipinski definition) is 4. The smallest absolute Gasteiger partial charge is 0.229 e. The zero-order valence-electron chi connectivity index (χ0n) is 12.3. The number of carbonyl (C=O) groups excluding carboxylic acids is 1. The van der Waals surface area contributed by atoms with Crippen LogP contribution in [0.5, 0.6) is 11.5 Å². The average Bonchev–Trinajstić information content (AvgIpc) is 2.81. The van der Waals surface area contributed by atoms with E-state index in [1.165, 1.54) is 24.3 Å². The van der Waals surface area contributed by atoms with Gasteiger partial charge in [0.2, 0.25) is 10.0 Å². The van der Waals surface area contributed by atoms with Crippen molar-refractivity contribution in [3.8, 4) is 11.5 Å². The molecule has 0 unspecified atom stereocenters. The monoisotopic (exact) mass is 351 g/mol. The van der Waals surface area contributed by atoms with Crippen LogP contribution in [0.1, 0.15) is 15.9 Å². The second kappa shape index (κ2) is 5.72. The molecule has 5 nitrogen and oxygen atoms in total. The lowest BCUT2D eigenvalue weighted by atomic mass is 10.1. The van der Waals surface area contributed by atoms with E-state index in [0.717, 1.165) is 18.4 Å². The fourth-order valence-electron chi connectivity index (χ4n) is 2.24. The van der Waals surface area contributed by atoms with Crippen molar-refractivity contribution in [2.24, 2.45) is 0 Å². The van der Waals surface area contributed by atoms with Gasteiger partial charge in [0.25, 0.3) is 0 Å². The van der Waals surface area contributed by atoms with Gasteiger partial charge in [0.1, 0.15) is 5.82 Å². The Kier molecular flexibility index (Phi) is 3.84. The van der Waals surface area contributed by atoms with E-state index in [-0.39, 0.29) is 23.0 Å². The molecule has 1 N–H and O–H groups in total. The molecule has 0 spiro atoms. The van der Waals surface area contributed by atoms with Crippen molar-refractivity contribution in [3.63, 3.8) is 0 Å². The highest BCUT2D eigenvalue weighted by Gasteiger charge is 2.20. The highest BCUT2D eigenvalue weighted by atomic mass is 32.2. The summed E-state index contributed by atoms with van der Waals surface area (Å²) in [5.74, 6) is -2.37. The fraction of sp³-hybridized carbons (Fsp3) is 0.0625. The van der Waals surface area contributed by atoms with Crippen molar-refractivity contribution in [1.82, 2.24) is 0 Å². The van der Waals surface area contributed by atoms with Crippen LogP contribution in [0, 0.1) is 11.6 Å². The van der Waals surface area contributed by atoms with Crippen molar-refractivity contribution in [2.45, 2.75) is 0 Å². The van der Waals surface area contributed by atoms with Gasteiger partial charge in [0.15, 0.2) is 23.1 Å². The maximum absolute atomic E-state index is 13.8. The van der Waals surface area contributed by atoms with Gasteiger partial charge < -0.3 is 4.74 Å². The fourth-order valence-corrected chi connectivity index (χ4v) is 2.80. The van der Waals surface area contributed by atoms with Crippen LogP contribution in [0.25, 0.3) is 6.08 Å². The first kappa shape index (κ1) is 16.1. The van der Waals surface area contributed by atoms with Crippen molar-refractivity contribution >= 4 is 27.6 Å². The summed E-state index contributed by atoms with van der Waals surface area (Å²) in [5.41, 5.74) is 0.851. The molecule has 0 saturated heterocycles. The lowest BCUT2D eigenvalue weighted by Crippen LogP contribution is -2.11. The quantitative estimate of drug-likeness (QED) is 0.917. The molecule has 0 heterocycles. The lowest BCUT2D eigenvalue weighted by molar-refractivity contribution is 0.105. The van der Waals surface area contributed by atoms with Gasteiger partial charge in [0.05, 0.1) is 11.9 Å². The van der Waals surface area contributed by atoms with Crippen molar-refractivity contribution < 1.29 is 26.7 Å². The molecular weight excluding hydrogens is 340 g/mol. The Hall–Kier alpha value is -2.74. The molecule has 0 bridgehead atoms. The molecule has 124 valence electrons. The second-order valence-corrected chi connectivity index (χ2v) is 6.93. The van der Waals surface area contributed by atoms with Gasteiger partial charge in [-0.15, -0.1) is 0 Å². The summed E-state index contributed by atoms with van der Waals surface area (Å²) >= 11 is 0. The molecule has 2 aromatic rings. The summed E-state index contributed by atoms with van der Waals surface area (Å²) in [6.07, 6.45) is 3.81.